The lowest BCUT2D eigenvalue weighted by Crippen LogP contribution is -2.34. The number of aromatic nitrogens is 4. The Morgan fingerprint density at radius 2 is 1.12 bits per heavy atom. The maximum atomic E-state index is 12.9. The van der Waals surface area contributed by atoms with Crippen LogP contribution in [0.25, 0.3) is 0 Å². The normalized spacial score (nSPS) is 12.6. The van der Waals surface area contributed by atoms with Gasteiger partial charge in [0.1, 0.15) is 6.54 Å². The number of carbonyl (C=O) groups excluding carboxylic acids is 4. The van der Waals surface area contributed by atoms with Gasteiger partial charge in [-0.05, 0) is 120 Å². The minimum Gasteiger partial charge on any atom is -0.465 e. The van der Waals surface area contributed by atoms with Gasteiger partial charge in [0.2, 0.25) is 34.3 Å². The van der Waals surface area contributed by atoms with Gasteiger partial charge in [-0.15, -0.1) is 12.4 Å². The van der Waals surface area contributed by atoms with Gasteiger partial charge in [-0.3, -0.25) is 49.2 Å². The Bertz CT molecular complexity index is 2670. The van der Waals surface area contributed by atoms with Crippen LogP contribution in [0.3, 0.4) is 0 Å². The fourth-order valence-electron chi connectivity index (χ4n) is 8.92. The number of nitrogens with zero attached hydrogens (tertiary/aromatic N) is 12. The number of nitrogens with two attached hydrogens (primary N) is 2. The second kappa shape index (κ2) is 42.4. The molecule has 2 aromatic heterocycles. The van der Waals surface area contributed by atoms with Crippen LogP contribution in [-0.2, 0) is 45.2 Å². The molecule has 1 unspecified atom stereocenters. The summed E-state index contributed by atoms with van der Waals surface area (Å²) in [6, 6.07) is 16.4. The number of rotatable bonds is 26. The fourth-order valence-corrected chi connectivity index (χ4v) is 9.16. The number of esters is 2. The van der Waals surface area contributed by atoms with E-state index < -0.39 is 55.8 Å². The topological polar surface area (TPSA) is 308 Å². The van der Waals surface area contributed by atoms with Crippen LogP contribution in [0.1, 0.15) is 139 Å². The minimum atomic E-state index is -0.790. The minimum absolute atomic E-state index is 0. The lowest BCUT2D eigenvalue weighted by atomic mass is 10.1. The lowest BCUT2D eigenvalue weighted by Gasteiger charge is -2.24. The van der Waals surface area contributed by atoms with Crippen molar-refractivity contribution in [3.63, 3.8) is 0 Å². The molecule has 28 heteroatoms. The van der Waals surface area contributed by atoms with Crippen molar-refractivity contribution >= 4 is 86.4 Å². The molecule has 2 aliphatic rings. The summed E-state index contributed by atoms with van der Waals surface area (Å²) in [6.07, 6.45) is 6.47. The fraction of sp³-hybridized carbons (Fsp3) is 0.579. The van der Waals surface area contributed by atoms with Crippen molar-refractivity contribution in [1.82, 2.24) is 49.8 Å². The molecule has 1 atom stereocenters. The Hall–Kier alpha value is -6.47. The number of likely N-dealkylation sites (tertiary alicyclic amines) is 2. The molecule has 0 aliphatic carbocycles. The van der Waals surface area contributed by atoms with Crippen molar-refractivity contribution in [2.75, 3.05) is 116 Å². The average molecular weight is 1250 g/mol. The Kier molecular flexibility index (Phi) is 37.2. The summed E-state index contributed by atoms with van der Waals surface area (Å²) >= 11 is 5.61. The molecule has 25 nitrogen and oxygen atoms in total. The number of nitro groups is 2. The summed E-state index contributed by atoms with van der Waals surface area (Å²) in [5.41, 5.74) is 14.7. The summed E-state index contributed by atoms with van der Waals surface area (Å²) in [5, 5.41) is 25.3. The monoisotopic (exact) mass is 1250 g/mol. The van der Waals surface area contributed by atoms with Gasteiger partial charge in [-0.25, -0.2) is 4.98 Å². The number of carbonyl (C=O) groups is 4. The van der Waals surface area contributed by atoms with E-state index in [0.717, 1.165) is 43.7 Å². The number of hydrogen-bond acceptors (Lipinski definition) is 21. The van der Waals surface area contributed by atoms with Crippen LogP contribution in [-0.4, -0.2) is 179 Å². The van der Waals surface area contributed by atoms with E-state index in [1.54, 1.807) is 30.9 Å². The van der Waals surface area contributed by atoms with E-state index in [0.29, 0.717) is 32.7 Å². The number of benzene rings is 2. The van der Waals surface area contributed by atoms with Crippen molar-refractivity contribution in [3.05, 3.63) is 108 Å². The molecule has 0 saturated carbocycles. The molecule has 2 aliphatic heterocycles. The molecule has 0 spiro atoms. The molecule has 2 aromatic carbocycles. The van der Waals surface area contributed by atoms with Gasteiger partial charge in [0, 0.05) is 54.7 Å². The Balaban J connectivity index is 0.00000125. The van der Waals surface area contributed by atoms with Crippen LogP contribution in [0.15, 0.2) is 48.5 Å². The molecule has 0 bridgehead atoms. The zero-order valence-electron chi connectivity index (χ0n) is 53.3. The molecule has 85 heavy (non-hydrogen) atoms. The second-order valence-corrected chi connectivity index (χ2v) is 19.8. The highest BCUT2D eigenvalue weighted by atomic mass is 35.5. The van der Waals surface area contributed by atoms with Crippen molar-refractivity contribution in [2.45, 2.75) is 121 Å². The molecule has 476 valence electrons. The molecule has 2 fully saturated rings. The number of anilines is 3. The lowest BCUT2D eigenvalue weighted by molar-refractivity contribution is -0.384. The van der Waals surface area contributed by atoms with E-state index in [2.05, 4.69) is 85.0 Å². The Labute approximate surface area is 519 Å². The maximum absolute atomic E-state index is 12.9. The zero-order chi connectivity index (χ0) is 64.7. The standard InChI is InChI=1S/C25H35N7O5.C16H24N2O2.C9H12ClN5O3.C6H15N.CH4.ClH.H3P/c1-4-11-29(3)25(34)23-27-22(26)21(32(35)36)24(28-23)31(17-20(33)37-5-2)16-19-10-8-9-18(14-19)15-30-12-6-7-13-30;1-2-20-16(19)12-17-11-14-6-5-7-15(10-14)13-18-8-3-4-9-18;1-3-4-14(2)9(16)8-12-6(10)5(15(17)18)7(11)13-8;1-4-7(5-2)6-3;;;/h8-10,14H,4-7,11-13,15-17H2,1-3H3,(H2,26,27,28);5-7,10,17H,2-4,8-9,11-13H2,1H3;3-4H2,1-2H3,(H2,11,12,13);4-6H2,1-3H3;1H4;1H;1H3/i;;;;1D;;1D. The van der Waals surface area contributed by atoms with Crippen LogP contribution in [0.5, 0.6) is 0 Å². The third-order valence-electron chi connectivity index (χ3n) is 13.1. The van der Waals surface area contributed by atoms with Gasteiger partial charge in [0.15, 0.2) is 0 Å². The zero-order valence-corrected chi connectivity index (χ0v) is 54.1. The summed E-state index contributed by atoms with van der Waals surface area (Å²) < 4.78 is 21.4. The number of nitrogen functional groups attached to an aromatic ring is 2. The predicted molar refractivity (Wildman–Crippen MR) is 342 cm³/mol. The van der Waals surface area contributed by atoms with Crippen molar-refractivity contribution in [1.29, 1.82) is 1.28 Å². The summed E-state index contributed by atoms with van der Waals surface area (Å²) in [4.78, 5) is 96.4. The first kappa shape index (κ1) is 74.6. The van der Waals surface area contributed by atoms with Gasteiger partial charge in [0.25, 0.3) is 11.8 Å². The molecule has 0 radical (unpaired) electrons. The summed E-state index contributed by atoms with van der Waals surface area (Å²) in [5.74, 6) is -3.38. The number of hydrogen-bond donors (Lipinski definition) is 3. The van der Waals surface area contributed by atoms with E-state index in [4.69, 9.17) is 35.2 Å². The third kappa shape index (κ3) is 27.2. The number of halogens is 2. The molecule has 4 aromatic rings. The maximum Gasteiger partial charge on any atom is 0.353 e. The second-order valence-electron chi connectivity index (χ2n) is 19.4. The van der Waals surface area contributed by atoms with E-state index in [1.165, 1.54) is 91.6 Å². The van der Waals surface area contributed by atoms with Gasteiger partial charge in [-0.1, -0.05) is 102 Å². The van der Waals surface area contributed by atoms with Gasteiger partial charge < -0.3 is 45.9 Å². The van der Waals surface area contributed by atoms with E-state index in [-0.39, 0.29) is 62.1 Å². The number of ether oxygens (including phenoxy) is 2. The molecule has 4 heterocycles. The average Bonchev–Trinajstić information content (AvgIpc) is 1.82. The van der Waals surface area contributed by atoms with Crippen LogP contribution in [0.2, 0.25) is 5.15 Å². The molecule has 2 amide bonds. The first-order chi connectivity index (χ1) is 41.2. The van der Waals surface area contributed by atoms with E-state index in [1.807, 2.05) is 45.0 Å². The van der Waals surface area contributed by atoms with Crippen LogP contribution in [0.4, 0.5) is 28.8 Å². The van der Waals surface area contributed by atoms with Crippen LogP contribution >= 0.6 is 33.9 Å². The largest absolute Gasteiger partial charge is 0.465 e. The van der Waals surface area contributed by atoms with Crippen molar-refractivity contribution in [2.24, 2.45) is 0 Å². The van der Waals surface area contributed by atoms with E-state index in [9.17, 15) is 39.4 Å². The highest BCUT2D eigenvalue weighted by Crippen LogP contribution is 2.33. The quantitative estimate of drug-likeness (QED) is 0.0176. The first-order valence-electron chi connectivity index (χ1n) is 29.7. The summed E-state index contributed by atoms with van der Waals surface area (Å²) in [6.45, 7) is 26.1. The molecular formula is C57H94Cl2N15O10P. The SMILES string of the molecule is CCCN(C)C(=O)c1nc(N)c([N+](=O)[O-])c(Cl)n1.CCCN(C)C(=O)c1nc(N)c([N+](=O)[O-])c(N(CC(=O)OCC)Cc2cccc(CN3CCCC3)c2)n1.CCN(CC)CC.CCOC(=O)CNCc1cccc(CN2CCCC2)c1.Cl.[2H]C.[2H]P. The highest BCUT2D eigenvalue weighted by Gasteiger charge is 2.32. The highest BCUT2D eigenvalue weighted by molar-refractivity contribution is 6.92. The Morgan fingerprint density at radius 1 is 0.694 bits per heavy atom. The molecule has 5 N–H and O–H groups in total. The first-order valence-corrected chi connectivity index (χ1v) is 28.5. The van der Waals surface area contributed by atoms with Gasteiger partial charge in [0.05, 0.1) is 30.9 Å². The third-order valence-corrected chi connectivity index (χ3v) is 13.3. The Morgan fingerprint density at radius 3 is 1.54 bits per heavy atom. The molecule has 6 rings (SSSR count). The van der Waals surface area contributed by atoms with Gasteiger partial charge in [-0.2, -0.15) is 24.8 Å². The molecular weight excluding hydrogens is 1160 g/mol. The predicted octanol–water partition coefficient (Wildman–Crippen LogP) is 8.12. The van der Waals surface area contributed by atoms with Gasteiger partial charge >= 0.3 is 23.3 Å². The summed E-state index contributed by atoms with van der Waals surface area (Å²) in [7, 11) is 6.08. The molecule has 2 saturated heterocycles. The van der Waals surface area contributed by atoms with Crippen LogP contribution in [0, 0.1) is 20.2 Å². The van der Waals surface area contributed by atoms with Crippen LogP contribution < -0.4 is 21.7 Å². The number of nitrogens with one attached hydrogen (secondary N) is 1. The van der Waals surface area contributed by atoms with E-state index >= 15 is 0 Å². The van der Waals surface area contributed by atoms with Crippen molar-refractivity contribution < 1.29 is 39.9 Å². The van der Waals surface area contributed by atoms with Crippen molar-refractivity contribution in [3.8, 4) is 0 Å². The number of amides is 2. The smallest absolute Gasteiger partial charge is 0.353 e.